The number of fused-ring (bicyclic) bond motifs is 3. The second kappa shape index (κ2) is 7.76. The molecule has 162 valence electrons. The number of anilines is 1. The van der Waals surface area contributed by atoms with Gasteiger partial charge in [-0.3, -0.25) is 4.68 Å². The topological polar surface area (TPSA) is 99.0 Å². The van der Waals surface area contributed by atoms with Crippen molar-refractivity contribution >= 4 is 16.0 Å². The zero-order valence-corrected chi connectivity index (χ0v) is 18.4. The van der Waals surface area contributed by atoms with E-state index in [1.807, 2.05) is 49.4 Å². The van der Waals surface area contributed by atoms with Crippen molar-refractivity contribution in [3.63, 3.8) is 0 Å². The highest BCUT2D eigenvalue weighted by molar-refractivity contribution is 7.92. The Balaban J connectivity index is 1.63. The van der Waals surface area contributed by atoms with Gasteiger partial charge in [0.2, 0.25) is 11.8 Å². The molecule has 2 heterocycles. The highest BCUT2D eigenvalue weighted by Gasteiger charge is 2.26. The minimum atomic E-state index is -3.91. The van der Waals surface area contributed by atoms with E-state index in [2.05, 4.69) is 25.9 Å². The van der Waals surface area contributed by atoms with E-state index in [1.54, 1.807) is 7.05 Å². The van der Waals surface area contributed by atoms with Crippen LogP contribution in [0, 0.1) is 6.92 Å². The molecule has 0 bridgehead atoms. The Hall–Kier alpha value is -3.72. The van der Waals surface area contributed by atoms with Gasteiger partial charge in [0, 0.05) is 24.4 Å². The van der Waals surface area contributed by atoms with Gasteiger partial charge in [-0.25, -0.2) is 18.1 Å². The lowest BCUT2D eigenvalue weighted by Crippen LogP contribution is -2.17. The lowest BCUT2D eigenvalue weighted by molar-refractivity contribution is 0.452. The largest absolute Gasteiger partial charge is 0.438 e. The molecule has 1 aliphatic carbocycles. The molecule has 0 spiro atoms. The number of ether oxygens (including phenoxy) is 1. The summed E-state index contributed by atoms with van der Waals surface area (Å²) in [6.07, 6.45) is 4.22. The number of nitrogens with zero attached hydrogens (tertiary/aromatic N) is 4. The van der Waals surface area contributed by atoms with E-state index in [1.165, 1.54) is 17.1 Å². The van der Waals surface area contributed by atoms with Gasteiger partial charge in [-0.15, -0.1) is 0 Å². The fourth-order valence-electron chi connectivity index (χ4n) is 3.76. The molecule has 2 aromatic carbocycles. The third-order valence-electron chi connectivity index (χ3n) is 5.40. The molecular weight excluding hydrogens is 426 g/mol. The number of hydrogen-bond donors (Lipinski definition) is 1. The Morgan fingerprint density at radius 2 is 1.81 bits per heavy atom. The smallest absolute Gasteiger partial charge is 0.267 e. The van der Waals surface area contributed by atoms with E-state index in [0.29, 0.717) is 23.7 Å². The second-order valence-corrected chi connectivity index (χ2v) is 9.34. The third kappa shape index (κ3) is 3.71. The van der Waals surface area contributed by atoms with E-state index >= 15 is 0 Å². The monoisotopic (exact) mass is 447 g/mol. The van der Waals surface area contributed by atoms with E-state index < -0.39 is 10.0 Å². The predicted octanol–water partition coefficient (Wildman–Crippen LogP) is 3.88. The quantitative estimate of drug-likeness (QED) is 0.499. The number of rotatable bonds is 5. The lowest BCUT2D eigenvalue weighted by atomic mass is 9.89. The van der Waals surface area contributed by atoms with Crippen LogP contribution in [-0.4, -0.2) is 28.2 Å². The minimum absolute atomic E-state index is 0.0306. The molecule has 0 atom stereocenters. The summed E-state index contributed by atoms with van der Waals surface area (Å²) in [5.74, 6) is 0.962. The molecule has 0 fully saturated rings. The van der Waals surface area contributed by atoms with E-state index in [4.69, 9.17) is 4.74 Å². The van der Waals surface area contributed by atoms with Crippen LogP contribution in [0.4, 0.5) is 5.95 Å². The van der Waals surface area contributed by atoms with Crippen molar-refractivity contribution in [3.05, 3.63) is 77.6 Å². The number of sulfonamides is 1. The number of nitrogens with one attached hydrogen (secondary N) is 1. The number of para-hydroxylation sites is 1. The van der Waals surface area contributed by atoms with Crippen molar-refractivity contribution in [2.45, 2.75) is 24.7 Å². The number of hydrogen-bond acceptors (Lipinski definition) is 6. The molecule has 2 aromatic heterocycles. The van der Waals surface area contributed by atoms with Crippen LogP contribution in [0.15, 0.2) is 65.8 Å². The van der Waals surface area contributed by atoms with Crippen molar-refractivity contribution in [2.24, 2.45) is 7.05 Å². The minimum Gasteiger partial charge on any atom is -0.438 e. The lowest BCUT2D eigenvalue weighted by Gasteiger charge is -2.22. The first-order valence-corrected chi connectivity index (χ1v) is 11.6. The Bertz CT molecular complexity index is 1430. The molecule has 0 saturated heterocycles. The maximum atomic E-state index is 12.9. The normalized spacial score (nSPS) is 12.7. The third-order valence-corrected chi connectivity index (χ3v) is 6.69. The van der Waals surface area contributed by atoms with E-state index in [-0.39, 0.29) is 10.8 Å². The average Bonchev–Trinajstić information content (AvgIpc) is 3.22. The van der Waals surface area contributed by atoms with Crippen LogP contribution >= 0.6 is 0 Å². The van der Waals surface area contributed by atoms with Gasteiger partial charge in [-0.05, 0) is 37.0 Å². The van der Waals surface area contributed by atoms with Gasteiger partial charge in [-0.1, -0.05) is 42.5 Å². The fraction of sp³-hybridized carbons (Fsp3) is 0.174. The Morgan fingerprint density at radius 3 is 2.59 bits per heavy atom. The molecule has 5 rings (SSSR count). The van der Waals surface area contributed by atoms with Crippen molar-refractivity contribution in [1.29, 1.82) is 0 Å². The molecule has 32 heavy (non-hydrogen) atoms. The predicted molar refractivity (Wildman–Crippen MR) is 120 cm³/mol. The molecule has 0 saturated carbocycles. The molecule has 8 nitrogen and oxygen atoms in total. The number of aromatic nitrogens is 4. The first kappa shape index (κ1) is 20.2. The van der Waals surface area contributed by atoms with Crippen LogP contribution in [0.3, 0.4) is 0 Å². The van der Waals surface area contributed by atoms with Gasteiger partial charge in [-0.2, -0.15) is 10.1 Å². The Kier molecular flexibility index (Phi) is 4.90. The fourth-order valence-corrected chi connectivity index (χ4v) is 4.69. The van der Waals surface area contributed by atoms with Crippen LogP contribution in [0.1, 0.15) is 16.7 Å². The molecule has 0 unspecified atom stereocenters. The molecule has 0 amide bonds. The molecule has 0 aliphatic heterocycles. The molecule has 1 aliphatic rings. The summed E-state index contributed by atoms with van der Waals surface area (Å²) in [5.41, 5.74) is 4.59. The van der Waals surface area contributed by atoms with Crippen LogP contribution < -0.4 is 9.46 Å². The second-order valence-electron chi connectivity index (χ2n) is 7.66. The van der Waals surface area contributed by atoms with E-state index in [0.717, 1.165) is 28.7 Å². The van der Waals surface area contributed by atoms with Crippen LogP contribution in [-0.2, 0) is 29.9 Å². The average molecular weight is 448 g/mol. The Morgan fingerprint density at radius 1 is 1.03 bits per heavy atom. The zero-order valence-electron chi connectivity index (χ0n) is 17.6. The molecule has 9 heteroatoms. The standard InChI is InChI=1S/C23H21N5O3S/c1-15-7-3-6-10-20(15)31-22-19-12-11-16-8-4-5-9-18(16)21(19)25-23(26-22)27-32(29,30)17-13-24-28(2)14-17/h3-10,13-14H,11-12H2,1-2H3,(H,25,26,27). The summed E-state index contributed by atoms with van der Waals surface area (Å²) < 4.78 is 35.8. The molecule has 4 aromatic rings. The van der Waals surface area contributed by atoms with Gasteiger partial charge in [0.1, 0.15) is 10.6 Å². The summed E-state index contributed by atoms with van der Waals surface area (Å²) in [7, 11) is -2.26. The van der Waals surface area contributed by atoms with Crippen LogP contribution in [0.5, 0.6) is 11.6 Å². The Labute approximate surface area is 186 Å². The maximum absolute atomic E-state index is 12.9. The van der Waals surface area contributed by atoms with Gasteiger partial charge in [0.25, 0.3) is 10.0 Å². The molecule has 0 radical (unpaired) electrons. The van der Waals surface area contributed by atoms with E-state index in [9.17, 15) is 8.42 Å². The van der Waals surface area contributed by atoms with Gasteiger partial charge in [0.05, 0.1) is 11.9 Å². The maximum Gasteiger partial charge on any atom is 0.267 e. The molecular formula is C23H21N5O3S. The van der Waals surface area contributed by atoms with Crippen LogP contribution in [0.25, 0.3) is 11.3 Å². The summed E-state index contributed by atoms with van der Waals surface area (Å²) in [6, 6.07) is 15.6. The SMILES string of the molecule is Cc1ccccc1Oc1nc(NS(=O)(=O)c2cnn(C)c2)nc2c1CCc1ccccc1-2. The molecule has 1 N–H and O–H groups in total. The van der Waals surface area contributed by atoms with Gasteiger partial charge >= 0.3 is 0 Å². The van der Waals surface area contributed by atoms with Crippen LogP contribution in [0.2, 0.25) is 0 Å². The number of benzene rings is 2. The number of aryl methyl sites for hydroxylation is 3. The van der Waals surface area contributed by atoms with Gasteiger partial charge < -0.3 is 4.74 Å². The highest BCUT2D eigenvalue weighted by atomic mass is 32.2. The summed E-state index contributed by atoms with van der Waals surface area (Å²) in [5, 5.41) is 3.94. The first-order chi connectivity index (χ1) is 15.4. The first-order valence-electron chi connectivity index (χ1n) is 10.1. The highest BCUT2D eigenvalue weighted by Crippen LogP contribution is 2.39. The summed E-state index contributed by atoms with van der Waals surface area (Å²) in [4.78, 5) is 9.08. The zero-order chi connectivity index (χ0) is 22.3. The van der Waals surface area contributed by atoms with Gasteiger partial charge in [0.15, 0.2) is 0 Å². The summed E-state index contributed by atoms with van der Waals surface area (Å²) in [6.45, 7) is 1.95. The van der Waals surface area contributed by atoms with Crippen molar-refractivity contribution in [2.75, 3.05) is 4.72 Å². The van der Waals surface area contributed by atoms with Crippen molar-refractivity contribution in [3.8, 4) is 22.9 Å². The summed E-state index contributed by atoms with van der Waals surface area (Å²) >= 11 is 0. The van der Waals surface area contributed by atoms with Crippen molar-refractivity contribution < 1.29 is 13.2 Å². The van der Waals surface area contributed by atoms with Crippen molar-refractivity contribution in [1.82, 2.24) is 19.7 Å².